The van der Waals surface area contributed by atoms with Gasteiger partial charge in [-0.25, -0.2) is 15.0 Å². The molecule has 8 nitrogen and oxygen atoms in total. The van der Waals surface area contributed by atoms with E-state index in [-0.39, 0.29) is 5.91 Å². The van der Waals surface area contributed by atoms with Crippen molar-refractivity contribution in [3.63, 3.8) is 0 Å². The molecule has 1 amide bonds. The number of imidazole rings is 1. The Labute approximate surface area is 198 Å². The molecule has 0 unspecified atom stereocenters. The molecule has 1 aromatic carbocycles. The van der Waals surface area contributed by atoms with E-state index in [2.05, 4.69) is 20.6 Å². The maximum absolute atomic E-state index is 12.5. The van der Waals surface area contributed by atoms with Gasteiger partial charge in [0, 0.05) is 24.5 Å². The van der Waals surface area contributed by atoms with E-state index < -0.39 is 0 Å². The Hall–Kier alpha value is -3.78. The third-order valence-electron chi connectivity index (χ3n) is 6.32. The van der Waals surface area contributed by atoms with Gasteiger partial charge in [0.25, 0.3) is 0 Å². The number of rotatable bonds is 6. The summed E-state index contributed by atoms with van der Waals surface area (Å²) < 4.78 is 1.96. The number of anilines is 2. The highest BCUT2D eigenvalue weighted by atomic mass is 16.1. The first-order valence-corrected chi connectivity index (χ1v) is 11.7. The number of aromatic nitrogens is 4. The highest BCUT2D eigenvalue weighted by Gasteiger charge is 2.20. The lowest BCUT2D eigenvalue weighted by Gasteiger charge is -2.26. The first-order valence-electron chi connectivity index (χ1n) is 11.7. The molecule has 0 aliphatic heterocycles. The first-order chi connectivity index (χ1) is 16.5. The molecule has 34 heavy (non-hydrogen) atoms. The van der Waals surface area contributed by atoms with Crippen molar-refractivity contribution in [2.45, 2.75) is 51.1 Å². The molecule has 174 valence electrons. The van der Waals surface area contributed by atoms with Gasteiger partial charge < -0.3 is 16.4 Å². The topological polar surface area (TPSA) is 110 Å². The second-order valence-corrected chi connectivity index (χ2v) is 8.98. The number of nitrogens with zero attached hydrogens (tertiary/aromatic N) is 4. The molecule has 1 fully saturated rings. The van der Waals surface area contributed by atoms with Crippen LogP contribution in [0.1, 0.15) is 36.8 Å². The third-order valence-corrected chi connectivity index (χ3v) is 6.32. The molecule has 4 N–H and O–H groups in total. The minimum atomic E-state index is -0.0656. The first kappa shape index (κ1) is 22.0. The molecule has 0 bridgehead atoms. The summed E-state index contributed by atoms with van der Waals surface area (Å²) in [5.41, 5.74) is 11.1. The third kappa shape index (κ3) is 4.92. The van der Waals surface area contributed by atoms with Gasteiger partial charge in [-0.3, -0.25) is 9.20 Å². The Kier molecular flexibility index (Phi) is 6.22. The predicted molar refractivity (Wildman–Crippen MR) is 134 cm³/mol. The molecule has 0 radical (unpaired) electrons. The molecule has 1 aliphatic rings. The van der Waals surface area contributed by atoms with Crippen molar-refractivity contribution in [2.24, 2.45) is 5.73 Å². The maximum Gasteiger partial charge on any atom is 0.228 e. The van der Waals surface area contributed by atoms with Gasteiger partial charge in [-0.1, -0.05) is 30.3 Å². The number of amides is 1. The van der Waals surface area contributed by atoms with E-state index in [1.165, 1.54) is 0 Å². The number of benzene rings is 1. The monoisotopic (exact) mass is 455 g/mol. The summed E-state index contributed by atoms with van der Waals surface area (Å²) in [6.45, 7) is 1.99. The molecule has 0 spiro atoms. The minimum Gasteiger partial charge on any atom is -0.351 e. The zero-order valence-corrected chi connectivity index (χ0v) is 19.2. The summed E-state index contributed by atoms with van der Waals surface area (Å²) in [7, 11) is 0. The van der Waals surface area contributed by atoms with Crippen LogP contribution >= 0.6 is 0 Å². The van der Waals surface area contributed by atoms with E-state index in [9.17, 15) is 4.79 Å². The molecule has 5 rings (SSSR count). The Bertz CT molecular complexity index is 1290. The Morgan fingerprint density at radius 3 is 2.65 bits per heavy atom. The normalized spacial score (nSPS) is 18.1. The van der Waals surface area contributed by atoms with Crippen molar-refractivity contribution in [3.05, 3.63) is 72.2 Å². The van der Waals surface area contributed by atoms with E-state index in [0.717, 1.165) is 53.8 Å². The molecular weight excluding hydrogens is 426 g/mol. The quantitative estimate of drug-likeness (QED) is 0.406. The molecule has 0 atom stereocenters. The number of nitrogens with one attached hydrogen (secondary N) is 2. The molecule has 4 aromatic rings. The van der Waals surface area contributed by atoms with Crippen LogP contribution in [0.5, 0.6) is 0 Å². The lowest BCUT2D eigenvalue weighted by atomic mass is 9.92. The van der Waals surface area contributed by atoms with Crippen molar-refractivity contribution in [3.8, 4) is 11.4 Å². The van der Waals surface area contributed by atoms with Gasteiger partial charge in [-0.2, -0.15) is 0 Å². The van der Waals surface area contributed by atoms with Gasteiger partial charge in [0.2, 0.25) is 11.9 Å². The molecule has 3 heterocycles. The lowest BCUT2D eigenvalue weighted by molar-refractivity contribution is -0.115. The number of carbonyl (C=O) groups excluding carboxylic acids is 1. The fourth-order valence-corrected chi connectivity index (χ4v) is 4.43. The van der Waals surface area contributed by atoms with Crippen LogP contribution in [0.15, 0.2) is 61.1 Å². The van der Waals surface area contributed by atoms with E-state index in [1.54, 1.807) is 0 Å². The van der Waals surface area contributed by atoms with Crippen LogP contribution in [0.25, 0.3) is 17.0 Å². The number of aryl methyl sites for hydroxylation is 1. The Morgan fingerprint density at radius 2 is 1.85 bits per heavy atom. The maximum atomic E-state index is 12.5. The van der Waals surface area contributed by atoms with Crippen molar-refractivity contribution >= 4 is 23.2 Å². The summed E-state index contributed by atoms with van der Waals surface area (Å²) >= 11 is 0. The van der Waals surface area contributed by atoms with E-state index >= 15 is 0 Å². The number of pyridine rings is 1. The summed E-state index contributed by atoms with van der Waals surface area (Å²) in [5.74, 6) is 0.549. The fraction of sp³-hybridized carbons (Fsp3) is 0.308. The van der Waals surface area contributed by atoms with Gasteiger partial charge in [-0.15, -0.1) is 0 Å². The van der Waals surface area contributed by atoms with Crippen LogP contribution in [0, 0.1) is 6.92 Å². The predicted octanol–water partition coefficient (Wildman–Crippen LogP) is 3.96. The molecule has 8 heteroatoms. The lowest BCUT2D eigenvalue weighted by Crippen LogP contribution is -2.33. The number of hydrogen-bond donors (Lipinski definition) is 3. The van der Waals surface area contributed by atoms with Crippen LogP contribution < -0.4 is 16.4 Å². The van der Waals surface area contributed by atoms with E-state index in [1.807, 2.05) is 72.4 Å². The van der Waals surface area contributed by atoms with Gasteiger partial charge >= 0.3 is 0 Å². The fourth-order valence-electron chi connectivity index (χ4n) is 4.43. The summed E-state index contributed by atoms with van der Waals surface area (Å²) in [6, 6.07) is 14.1. The SMILES string of the molecule is Cc1cnc(NC2CCC(N)CC2)nc1-c1cnc2ccc(NC(=O)Cc3ccccc3)cn12. The van der Waals surface area contributed by atoms with Crippen LogP contribution in [0.4, 0.5) is 11.6 Å². The van der Waals surface area contributed by atoms with Gasteiger partial charge in [-0.05, 0) is 55.9 Å². The van der Waals surface area contributed by atoms with Crippen LogP contribution in [0.3, 0.4) is 0 Å². The number of fused-ring (bicyclic) bond motifs is 1. The van der Waals surface area contributed by atoms with Crippen molar-refractivity contribution < 1.29 is 4.79 Å². The minimum absolute atomic E-state index is 0.0656. The molecule has 1 saturated carbocycles. The Balaban J connectivity index is 1.37. The van der Waals surface area contributed by atoms with Crippen molar-refractivity contribution in [1.82, 2.24) is 19.4 Å². The van der Waals surface area contributed by atoms with E-state index in [0.29, 0.717) is 30.1 Å². The zero-order valence-electron chi connectivity index (χ0n) is 19.2. The summed E-state index contributed by atoms with van der Waals surface area (Å²) in [6.07, 6.45) is 9.93. The Morgan fingerprint density at radius 1 is 1.06 bits per heavy atom. The molecule has 0 saturated heterocycles. The average Bonchev–Trinajstić information content (AvgIpc) is 3.25. The smallest absolute Gasteiger partial charge is 0.228 e. The largest absolute Gasteiger partial charge is 0.351 e. The number of carbonyl (C=O) groups is 1. The number of hydrogen-bond acceptors (Lipinski definition) is 6. The van der Waals surface area contributed by atoms with Crippen molar-refractivity contribution in [2.75, 3.05) is 10.6 Å². The highest BCUT2D eigenvalue weighted by Crippen LogP contribution is 2.26. The standard InChI is InChI=1S/C26H29N7O/c1-17-14-29-26(31-20-9-7-19(27)8-10-20)32-25(17)22-15-28-23-12-11-21(16-33(22)23)30-24(34)13-18-5-3-2-4-6-18/h2-6,11-12,14-16,19-20H,7-10,13,27H2,1H3,(H,30,34)(H,29,31,32). The van der Waals surface area contributed by atoms with E-state index in [4.69, 9.17) is 10.7 Å². The number of nitrogens with two attached hydrogens (primary N) is 1. The van der Waals surface area contributed by atoms with Crippen LogP contribution in [-0.2, 0) is 11.2 Å². The summed E-state index contributed by atoms with van der Waals surface area (Å²) in [5, 5.41) is 6.47. The van der Waals surface area contributed by atoms with Crippen LogP contribution in [-0.4, -0.2) is 37.3 Å². The highest BCUT2D eigenvalue weighted by molar-refractivity contribution is 5.92. The average molecular weight is 456 g/mol. The van der Waals surface area contributed by atoms with Gasteiger partial charge in [0.15, 0.2) is 0 Å². The molecule has 3 aromatic heterocycles. The molecular formula is C26H29N7O. The van der Waals surface area contributed by atoms with Crippen LogP contribution in [0.2, 0.25) is 0 Å². The second kappa shape index (κ2) is 9.61. The molecule has 1 aliphatic carbocycles. The second-order valence-electron chi connectivity index (χ2n) is 8.98. The zero-order chi connectivity index (χ0) is 23.5. The van der Waals surface area contributed by atoms with Crippen molar-refractivity contribution in [1.29, 1.82) is 0 Å². The van der Waals surface area contributed by atoms with Gasteiger partial charge in [0.1, 0.15) is 5.65 Å². The van der Waals surface area contributed by atoms with Gasteiger partial charge in [0.05, 0.1) is 29.7 Å². The summed E-state index contributed by atoms with van der Waals surface area (Å²) in [4.78, 5) is 26.4.